The summed E-state index contributed by atoms with van der Waals surface area (Å²) in [5.74, 6) is 4.54. The second kappa shape index (κ2) is 16.2. The maximum absolute atomic E-state index is 5.76. The molecule has 0 bridgehead atoms. The fourth-order valence-corrected chi connectivity index (χ4v) is 10.0. The van der Waals surface area contributed by atoms with E-state index in [2.05, 4.69) is 109 Å². The van der Waals surface area contributed by atoms with Gasteiger partial charge in [-0.2, -0.15) is 0 Å². The summed E-state index contributed by atoms with van der Waals surface area (Å²) in [6.07, 6.45) is 54.9. The summed E-state index contributed by atoms with van der Waals surface area (Å²) in [6, 6.07) is 0.403. The van der Waals surface area contributed by atoms with Crippen molar-refractivity contribution in [2.24, 2.45) is 47.2 Å². The number of hydrogen-bond donors (Lipinski definition) is 2. The van der Waals surface area contributed by atoms with E-state index in [1.165, 1.54) is 64.2 Å². The number of hydrogen-bond acceptors (Lipinski definition) is 2. The average Bonchev–Trinajstić information content (AvgIpc) is 3.15. The van der Waals surface area contributed by atoms with Gasteiger partial charge in [0.05, 0.1) is 0 Å². The second-order valence-corrected chi connectivity index (χ2v) is 15.8. The third-order valence-corrected chi connectivity index (χ3v) is 12.9. The van der Waals surface area contributed by atoms with Crippen LogP contribution in [0.15, 0.2) is 131 Å². The zero-order valence-electron chi connectivity index (χ0n) is 29.5. The van der Waals surface area contributed by atoms with Crippen LogP contribution in [0, 0.1) is 41.4 Å². The molecule has 0 amide bonds. The van der Waals surface area contributed by atoms with Gasteiger partial charge < -0.3 is 11.1 Å². The zero-order chi connectivity index (χ0) is 32.7. The van der Waals surface area contributed by atoms with Crippen LogP contribution < -0.4 is 11.1 Å². The molecule has 8 unspecified atom stereocenters. The van der Waals surface area contributed by atoms with Crippen molar-refractivity contribution in [3.05, 3.63) is 131 Å². The lowest BCUT2D eigenvalue weighted by molar-refractivity contribution is 0.371. The van der Waals surface area contributed by atoms with Crippen molar-refractivity contribution in [2.45, 2.75) is 96.4 Å². The molecule has 8 atom stereocenters. The first kappa shape index (κ1) is 33.6. The van der Waals surface area contributed by atoms with E-state index in [-0.39, 0.29) is 0 Å². The van der Waals surface area contributed by atoms with Gasteiger partial charge in [0.1, 0.15) is 0 Å². The van der Waals surface area contributed by atoms with Crippen LogP contribution in [0.1, 0.15) is 90.4 Å². The standard InChI is InChI=1S/C46H60N2/c1-33(42-29-28-38(13-8-9-30-47)43-16-6-7-18-45(42)43)20-21-41(32-48-46-19-10-15-37-12-4-5-17-44(37)46)36-24-22-35(23-25-36)40-27-26-34-11-2-3-14-39(34)31-40/h4-10,12,16-19,21,24,26-27,33,35,37-39,43-44,46,48H,2-3,11,13-15,20,22-23,25,28-32,47H2,1H3/b9-8-,41-21+. The van der Waals surface area contributed by atoms with Crippen molar-refractivity contribution in [3.63, 3.8) is 0 Å². The van der Waals surface area contributed by atoms with E-state index in [1.807, 2.05) is 0 Å². The van der Waals surface area contributed by atoms with Crippen molar-refractivity contribution < 1.29 is 0 Å². The molecule has 0 radical (unpaired) electrons. The van der Waals surface area contributed by atoms with Crippen LogP contribution in [0.4, 0.5) is 0 Å². The molecule has 254 valence electrons. The van der Waals surface area contributed by atoms with E-state index in [1.54, 1.807) is 33.4 Å². The molecule has 7 aliphatic carbocycles. The molecule has 48 heavy (non-hydrogen) atoms. The molecule has 0 aromatic carbocycles. The first-order valence-electron chi connectivity index (χ1n) is 19.6. The average molecular weight is 641 g/mol. The highest BCUT2D eigenvalue weighted by Crippen LogP contribution is 2.45. The van der Waals surface area contributed by atoms with Crippen molar-refractivity contribution in [2.75, 3.05) is 13.1 Å². The summed E-state index contributed by atoms with van der Waals surface area (Å²) >= 11 is 0. The predicted molar refractivity (Wildman–Crippen MR) is 205 cm³/mol. The summed E-state index contributed by atoms with van der Waals surface area (Å²) in [5, 5.41) is 4.05. The van der Waals surface area contributed by atoms with Crippen molar-refractivity contribution in [1.82, 2.24) is 5.32 Å². The molecule has 2 nitrogen and oxygen atoms in total. The van der Waals surface area contributed by atoms with Crippen LogP contribution in [0.25, 0.3) is 0 Å². The third kappa shape index (κ3) is 7.76. The van der Waals surface area contributed by atoms with Gasteiger partial charge in [0.15, 0.2) is 0 Å². The highest BCUT2D eigenvalue weighted by atomic mass is 14.9. The van der Waals surface area contributed by atoms with Crippen molar-refractivity contribution in [1.29, 1.82) is 0 Å². The largest absolute Gasteiger partial charge is 0.327 e. The van der Waals surface area contributed by atoms with Crippen LogP contribution in [0.5, 0.6) is 0 Å². The van der Waals surface area contributed by atoms with E-state index >= 15 is 0 Å². The van der Waals surface area contributed by atoms with E-state index in [0.717, 1.165) is 37.6 Å². The van der Waals surface area contributed by atoms with Gasteiger partial charge in [-0.05, 0) is 123 Å². The second-order valence-electron chi connectivity index (χ2n) is 15.8. The first-order valence-corrected chi connectivity index (χ1v) is 19.6. The smallest absolute Gasteiger partial charge is 0.0321 e. The first-order chi connectivity index (χ1) is 23.7. The minimum Gasteiger partial charge on any atom is -0.327 e. The minimum absolute atomic E-state index is 0.403. The van der Waals surface area contributed by atoms with Crippen LogP contribution in [-0.2, 0) is 0 Å². The van der Waals surface area contributed by atoms with Crippen LogP contribution in [0.2, 0.25) is 0 Å². The minimum atomic E-state index is 0.403. The zero-order valence-corrected chi connectivity index (χ0v) is 29.5. The highest BCUT2D eigenvalue weighted by molar-refractivity contribution is 5.41. The maximum atomic E-state index is 5.76. The Balaban J connectivity index is 1.08. The maximum Gasteiger partial charge on any atom is 0.0321 e. The molecular formula is C46H60N2. The number of rotatable bonds is 11. The lowest BCUT2D eigenvalue weighted by atomic mass is 9.69. The fraction of sp³-hybridized carbons (Fsp3) is 0.522. The molecule has 1 fully saturated rings. The topological polar surface area (TPSA) is 38.0 Å². The summed E-state index contributed by atoms with van der Waals surface area (Å²) in [5.41, 5.74) is 15.7. The van der Waals surface area contributed by atoms with E-state index < -0.39 is 0 Å². The number of nitrogens with two attached hydrogens (primary N) is 1. The number of nitrogens with one attached hydrogen (secondary N) is 1. The van der Waals surface area contributed by atoms with Crippen molar-refractivity contribution in [3.8, 4) is 0 Å². The third-order valence-electron chi connectivity index (χ3n) is 12.9. The lowest BCUT2D eigenvalue weighted by Gasteiger charge is -2.36. The lowest BCUT2D eigenvalue weighted by Crippen LogP contribution is -2.40. The number of fused-ring (bicyclic) bond motifs is 3. The SMILES string of the molecule is CC(C/C=C(\CNC1C=CCC2C=CC=CC21)C1=CCC(C2=CC=C3CCCCC3C2)CC1)C1=C2C=CC=CC2C(C/C=C\CN)CC1. The molecule has 0 aliphatic heterocycles. The molecule has 0 aromatic rings. The summed E-state index contributed by atoms with van der Waals surface area (Å²) < 4.78 is 0. The molecule has 0 aromatic heterocycles. The molecule has 3 N–H and O–H groups in total. The Morgan fingerprint density at radius 3 is 2.69 bits per heavy atom. The number of allylic oxidation sites excluding steroid dienone is 17. The summed E-state index contributed by atoms with van der Waals surface area (Å²) in [4.78, 5) is 0. The van der Waals surface area contributed by atoms with Gasteiger partial charge in [0.2, 0.25) is 0 Å². The normalized spacial score (nSPS) is 33.6. The predicted octanol–water partition coefficient (Wildman–Crippen LogP) is 10.7. The van der Waals surface area contributed by atoms with Gasteiger partial charge in [0.25, 0.3) is 0 Å². The van der Waals surface area contributed by atoms with Gasteiger partial charge >= 0.3 is 0 Å². The highest BCUT2D eigenvalue weighted by Gasteiger charge is 2.32. The fourth-order valence-electron chi connectivity index (χ4n) is 10.0. The molecule has 0 saturated heterocycles. The Kier molecular flexibility index (Phi) is 11.3. The Morgan fingerprint density at radius 2 is 1.79 bits per heavy atom. The van der Waals surface area contributed by atoms with Crippen LogP contribution in [-0.4, -0.2) is 19.1 Å². The van der Waals surface area contributed by atoms with Gasteiger partial charge in [-0.25, -0.2) is 0 Å². The molecule has 2 heteroatoms. The van der Waals surface area contributed by atoms with Gasteiger partial charge in [0, 0.05) is 31.0 Å². The summed E-state index contributed by atoms with van der Waals surface area (Å²) in [7, 11) is 0. The Bertz CT molecular complexity index is 1500. The van der Waals surface area contributed by atoms with Crippen molar-refractivity contribution >= 4 is 0 Å². The molecule has 0 spiro atoms. The monoisotopic (exact) mass is 640 g/mol. The molecule has 0 heterocycles. The van der Waals surface area contributed by atoms with Crippen LogP contribution >= 0.6 is 0 Å². The molecule has 1 saturated carbocycles. The van der Waals surface area contributed by atoms with Gasteiger partial charge in [-0.15, -0.1) is 0 Å². The van der Waals surface area contributed by atoms with E-state index in [4.69, 9.17) is 5.73 Å². The summed E-state index contributed by atoms with van der Waals surface area (Å²) in [6.45, 7) is 4.09. The van der Waals surface area contributed by atoms with Crippen LogP contribution in [0.3, 0.4) is 0 Å². The molecular weight excluding hydrogens is 581 g/mol. The van der Waals surface area contributed by atoms with E-state index in [9.17, 15) is 0 Å². The Labute approximate surface area is 291 Å². The quantitative estimate of drug-likeness (QED) is 0.221. The Morgan fingerprint density at radius 1 is 0.896 bits per heavy atom. The molecule has 7 rings (SSSR count). The Hall–Kier alpha value is -2.94. The molecule has 7 aliphatic rings. The van der Waals surface area contributed by atoms with E-state index in [0.29, 0.717) is 42.2 Å². The van der Waals surface area contributed by atoms with Gasteiger partial charge in [-0.3, -0.25) is 0 Å². The van der Waals surface area contributed by atoms with Gasteiger partial charge in [-0.1, -0.05) is 127 Å².